The molecule has 192 valence electrons. The topological polar surface area (TPSA) is 82.9 Å². The number of aromatic nitrogens is 5. The van der Waals surface area contributed by atoms with Gasteiger partial charge in [-0.3, -0.25) is 9.69 Å². The van der Waals surface area contributed by atoms with E-state index in [9.17, 15) is 9.18 Å². The molecule has 1 atom stereocenters. The van der Waals surface area contributed by atoms with E-state index in [-0.39, 0.29) is 11.4 Å². The Morgan fingerprint density at radius 3 is 2.47 bits per heavy atom. The average molecular weight is 510 g/mol. The van der Waals surface area contributed by atoms with E-state index < -0.39 is 6.04 Å². The number of nitrogens with one attached hydrogen (secondary N) is 1. The Bertz CT molecular complexity index is 1610. The Hall–Kier alpha value is -4.37. The van der Waals surface area contributed by atoms with Crippen molar-refractivity contribution in [3.63, 3.8) is 0 Å². The number of H-pyrrole nitrogens is 1. The third-order valence-corrected chi connectivity index (χ3v) is 7.18. The molecule has 0 unspecified atom stereocenters. The number of fused-ring (bicyclic) bond motifs is 1. The van der Waals surface area contributed by atoms with Gasteiger partial charge in [0, 0.05) is 42.9 Å². The highest BCUT2D eigenvalue weighted by Crippen LogP contribution is 2.29. The number of piperazine rings is 1. The summed E-state index contributed by atoms with van der Waals surface area (Å²) in [6.45, 7) is 5.34. The fourth-order valence-electron chi connectivity index (χ4n) is 5.20. The minimum atomic E-state index is -0.432. The molecule has 2 aromatic heterocycles. The maximum atomic E-state index is 13.5. The first-order valence-corrected chi connectivity index (χ1v) is 12.7. The minimum absolute atomic E-state index is 0.150. The van der Waals surface area contributed by atoms with Gasteiger partial charge in [-0.1, -0.05) is 42.5 Å². The van der Waals surface area contributed by atoms with Crippen LogP contribution in [0.3, 0.4) is 0 Å². The van der Waals surface area contributed by atoms with E-state index in [2.05, 4.69) is 30.3 Å². The molecule has 5 aromatic rings. The molecule has 1 saturated heterocycles. The summed E-state index contributed by atoms with van der Waals surface area (Å²) < 4.78 is 15.2. The second-order valence-electron chi connectivity index (χ2n) is 9.73. The number of pyridine rings is 1. The first kappa shape index (κ1) is 24.0. The van der Waals surface area contributed by atoms with Gasteiger partial charge in [-0.15, -0.1) is 5.10 Å². The van der Waals surface area contributed by atoms with Gasteiger partial charge in [0.1, 0.15) is 11.9 Å². The molecular formula is C29H28FN7O. The predicted octanol–water partition coefficient (Wildman–Crippen LogP) is 3.92. The summed E-state index contributed by atoms with van der Waals surface area (Å²) >= 11 is 0. The third kappa shape index (κ3) is 4.80. The fourth-order valence-corrected chi connectivity index (χ4v) is 5.20. The average Bonchev–Trinajstić information content (AvgIpc) is 3.38. The number of anilines is 1. The van der Waals surface area contributed by atoms with Gasteiger partial charge in [-0.05, 0) is 70.3 Å². The van der Waals surface area contributed by atoms with E-state index in [1.807, 2.05) is 61.5 Å². The van der Waals surface area contributed by atoms with E-state index >= 15 is 0 Å². The predicted molar refractivity (Wildman–Crippen MR) is 145 cm³/mol. The molecule has 0 spiro atoms. The lowest BCUT2D eigenvalue weighted by atomic mass is 10.0. The molecule has 1 fully saturated rings. The fraction of sp³-hybridized carbons (Fsp3) is 0.241. The van der Waals surface area contributed by atoms with Crippen molar-refractivity contribution in [1.82, 2.24) is 30.1 Å². The summed E-state index contributed by atoms with van der Waals surface area (Å²) in [5.74, 6) is 0.379. The highest BCUT2D eigenvalue weighted by atomic mass is 19.1. The maximum absolute atomic E-state index is 13.5. The van der Waals surface area contributed by atoms with Crippen molar-refractivity contribution in [2.45, 2.75) is 19.5 Å². The normalized spacial score (nSPS) is 15.2. The van der Waals surface area contributed by atoms with E-state index in [4.69, 9.17) is 0 Å². The SMILES string of the molecule is Cc1ccc2cc([C@@H](c3nnnn3Cc3ccccc3)N3CCN(c4ccc(F)cc4)CC3)c(=O)[nH]c2c1. The Kier molecular flexibility index (Phi) is 6.43. The van der Waals surface area contributed by atoms with Crippen molar-refractivity contribution < 1.29 is 4.39 Å². The lowest BCUT2D eigenvalue weighted by molar-refractivity contribution is 0.200. The zero-order valence-electron chi connectivity index (χ0n) is 21.1. The van der Waals surface area contributed by atoms with Crippen LogP contribution in [-0.4, -0.2) is 56.3 Å². The van der Waals surface area contributed by atoms with Gasteiger partial charge in [0.05, 0.1) is 6.54 Å². The summed E-state index contributed by atoms with van der Waals surface area (Å²) in [4.78, 5) is 21.1. The molecule has 3 aromatic carbocycles. The van der Waals surface area contributed by atoms with Crippen LogP contribution in [0.4, 0.5) is 10.1 Å². The van der Waals surface area contributed by atoms with Crippen LogP contribution in [0.1, 0.15) is 28.6 Å². The number of aryl methyl sites for hydroxylation is 1. The van der Waals surface area contributed by atoms with Crippen LogP contribution in [0.25, 0.3) is 10.9 Å². The molecule has 6 rings (SSSR count). The molecule has 0 amide bonds. The second-order valence-corrected chi connectivity index (χ2v) is 9.73. The van der Waals surface area contributed by atoms with Crippen molar-refractivity contribution in [1.29, 1.82) is 0 Å². The van der Waals surface area contributed by atoms with Crippen molar-refractivity contribution in [3.8, 4) is 0 Å². The number of hydrogen-bond donors (Lipinski definition) is 1. The van der Waals surface area contributed by atoms with E-state index in [0.29, 0.717) is 31.0 Å². The van der Waals surface area contributed by atoms with E-state index in [1.165, 1.54) is 12.1 Å². The molecular weight excluding hydrogens is 481 g/mol. The monoisotopic (exact) mass is 509 g/mol. The summed E-state index contributed by atoms with van der Waals surface area (Å²) in [6.07, 6.45) is 0. The van der Waals surface area contributed by atoms with Crippen LogP contribution in [0.2, 0.25) is 0 Å². The standard InChI is InChI=1S/C29H28FN7O/c1-20-7-8-22-18-25(29(38)31-26(22)17-20)27(28-32-33-34-37(28)19-21-5-3-2-4-6-21)36-15-13-35(14-16-36)24-11-9-23(30)10-12-24/h2-12,17-18,27H,13-16,19H2,1H3,(H,31,38)/t27-/m0/s1. The Labute approximate surface area is 219 Å². The Morgan fingerprint density at radius 2 is 1.71 bits per heavy atom. The third-order valence-electron chi connectivity index (χ3n) is 7.18. The molecule has 1 N–H and O–H groups in total. The number of hydrogen-bond acceptors (Lipinski definition) is 6. The molecule has 3 heterocycles. The van der Waals surface area contributed by atoms with Gasteiger partial charge < -0.3 is 9.88 Å². The Balaban J connectivity index is 1.38. The summed E-state index contributed by atoms with van der Waals surface area (Å²) in [5, 5.41) is 13.7. The second kappa shape index (κ2) is 10.2. The molecule has 0 bridgehead atoms. The van der Waals surface area contributed by atoms with Crippen LogP contribution >= 0.6 is 0 Å². The summed E-state index contributed by atoms with van der Waals surface area (Å²) in [6, 6.07) is 24.2. The van der Waals surface area contributed by atoms with Crippen LogP contribution in [0.5, 0.6) is 0 Å². The highest BCUT2D eigenvalue weighted by Gasteiger charge is 2.32. The van der Waals surface area contributed by atoms with Crippen molar-refractivity contribution in [2.24, 2.45) is 0 Å². The largest absolute Gasteiger partial charge is 0.369 e. The van der Waals surface area contributed by atoms with Gasteiger partial charge in [0.2, 0.25) is 0 Å². The molecule has 1 aliphatic heterocycles. The lowest BCUT2D eigenvalue weighted by Crippen LogP contribution is -2.49. The quantitative estimate of drug-likeness (QED) is 0.374. The number of benzene rings is 3. The molecule has 38 heavy (non-hydrogen) atoms. The number of halogens is 1. The van der Waals surface area contributed by atoms with Gasteiger partial charge in [-0.2, -0.15) is 0 Å². The van der Waals surface area contributed by atoms with Crippen LogP contribution in [0, 0.1) is 12.7 Å². The van der Waals surface area contributed by atoms with Gasteiger partial charge >= 0.3 is 0 Å². The number of tetrazole rings is 1. The number of aromatic amines is 1. The molecule has 8 nitrogen and oxygen atoms in total. The zero-order valence-corrected chi connectivity index (χ0v) is 21.1. The van der Waals surface area contributed by atoms with Crippen molar-refractivity contribution in [2.75, 3.05) is 31.1 Å². The first-order valence-electron chi connectivity index (χ1n) is 12.7. The van der Waals surface area contributed by atoms with Crippen LogP contribution in [0.15, 0.2) is 83.7 Å². The first-order chi connectivity index (χ1) is 18.5. The van der Waals surface area contributed by atoms with E-state index in [0.717, 1.165) is 40.8 Å². The van der Waals surface area contributed by atoms with Crippen molar-refractivity contribution in [3.05, 3.63) is 118 Å². The van der Waals surface area contributed by atoms with Crippen LogP contribution < -0.4 is 10.5 Å². The summed E-state index contributed by atoms with van der Waals surface area (Å²) in [7, 11) is 0. The number of rotatable bonds is 6. The molecule has 0 aliphatic carbocycles. The minimum Gasteiger partial charge on any atom is -0.369 e. The Morgan fingerprint density at radius 1 is 0.947 bits per heavy atom. The van der Waals surface area contributed by atoms with Gasteiger partial charge in [0.15, 0.2) is 5.82 Å². The van der Waals surface area contributed by atoms with Crippen molar-refractivity contribution >= 4 is 16.6 Å². The molecule has 1 aliphatic rings. The van der Waals surface area contributed by atoms with Gasteiger partial charge in [0.25, 0.3) is 5.56 Å². The highest BCUT2D eigenvalue weighted by molar-refractivity contribution is 5.79. The van der Waals surface area contributed by atoms with E-state index in [1.54, 1.807) is 16.8 Å². The molecule has 0 saturated carbocycles. The zero-order chi connectivity index (χ0) is 26.1. The van der Waals surface area contributed by atoms with Crippen LogP contribution in [-0.2, 0) is 6.54 Å². The summed E-state index contributed by atoms with van der Waals surface area (Å²) in [5.41, 5.74) is 4.41. The lowest BCUT2D eigenvalue weighted by Gasteiger charge is -2.39. The molecule has 9 heteroatoms. The molecule has 0 radical (unpaired) electrons. The van der Waals surface area contributed by atoms with Gasteiger partial charge in [-0.25, -0.2) is 9.07 Å². The number of nitrogens with zero attached hydrogens (tertiary/aromatic N) is 6. The maximum Gasteiger partial charge on any atom is 0.253 e. The smallest absolute Gasteiger partial charge is 0.253 e.